The van der Waals surface area contributed by atoms with E-state index in [1.54, 1.807) is 0 Å². The van der Waals surface area contributed by atoms with Crippen LogP contribution in [0.4, 0.5) is 10.1 Å². The molecular formula is C31H30FNO7S. The first-order chi connectivity index (χ1) is 19.4. The predicted molar refractivity (Wildman–Crippen MR) is 151 cm³/mol. The molecule has 1 aliphatic carbocycles. The number of ether oxygens (including phenoxy) is 1. The molecular weight excluding hydrogens is 549 g/mol. The number of sulfone groups is 1. The number of phenolic OH excluding ortho intramolecular Hbond substituents is 1. The van der Waals surface area contributed by atoms with E-state index in [-0.39, 0.29) is 52.7 Å². The third-order valence-electron chi connectivity index (χ3n) is 7.46. The summed E-state index contributed by atoms with van der Waals surface area (Å²) in [5.74, 6) is -5.45. The number of halogens is 1. The Morgan fingerprint density at radius 2 is 1.78 bits per heavy atom. The van der Waals surface area contributed by atoms with Gasteiger partial charge in [-0.3, -0.25) is 9.59 Å². The lowest BCUT2D eigenvalue weighted by Gasteiger charge is -2.35. The Kier molecular flexibility index (Phi) is 7.37. The molecule has 3 N–H and O–H groups in total. The number of hydrogen-bond donors (Lipinski definition) is 3. The van der Waals surface area contributed by atoms with Crippen LogP contribution in [-0.2, 0) is 26.0 Å². The van der Waals surface area contributed by atoms with E-state index in [1.807, 2.05) is 44.2 Å². The summed E-state index contributed by atoms with van der Waals surface area (Å²) in [6, 6.07) is 17.6. The van der Waals surface area contributed by atoms with E-state index >= 15 is 4.39 Å². The Balaban J connectivity index is 1.70. The number of carboxylic acid groups (broad SMARTS) is 1. The first-order valence-corrected chi connectivity index (χ1v) is 14.8. The van der Waals surface area contributed by atoms with E-state index in [0.29, 0.717) is 12.1 Å². The van der Waals surface area contributed by atoms with E-state index in [9.17, 15) is 28.2 Å². The summed E-state index contributed by atoms with van der Waals surface area (Å²) >= 11 is 0. The highest BCUT2D eigenvalue weighted by molar-refractivity contribution is 7.92. The molecule has 2 atom stereocenters. The van der Waals surface area contributed by atoms with E-state index in [2.05, 4.69) is 5.32 Å². The van der Waals surface area contributed by atoms with Gasteiger partial charge >= 0.3 is 5.97 Å². The Morgan fingerprint density at radius 3 is 2.46 bits per heavy atom. The highest BCUT2D eigenvalue weighted by atomic mass is 32.2. The second-order valence-electron chi connectivity index (χ2n) is 11.3. The number of carbonyl (C=O) groups excluding carboxylic acids is 1. The topological polar surface area (TPSA) is 130 Å². The van der Waals surface area contributed by atoms with Crippen molar-refractivity contribution < 1.29 is 37.3 Å². The zero-order chi connectivity index (χ0) is 29.5. The van der Waals surface area contributed by atoms with Crippen molar-refractivity contribution in [3.05, 3.63) is 101 Å². The molecule has 0 amide bonds. The number of aromatic hydroxyl groups is 1. The Bertz CT molecular complexity index is 1660. The fraction of sp³-hybridized carbons (Fsp3) is 0.290. The molecule has 0 bridgehead atoms. The minimum absolute atomic E-state index is 0.0511. The average Bonchev–Trinajstić information content (AvgIpc) is 3.02. The monoisotopic (exact) mass is 579 g/mol. The van der Waals surface area contributed by atoms with Gasteiger partial charge in [-0.25, -0.2) is 12.8 Å². The molecule has 0 saturated carbocycles. The van der Waals surface area contributed by atoms with Crippen molar-refractivity contribution in [1.82, 2.24) is 0 Å². The van der Waals surface area contributed by atoms with Gasteiger partial charge in [0.25, 0.3) is 0 Å². The Labute approximate surface area is 237 Å². The molecule has 10 heteroatoms. The summed E-state index contributed by atoms with van der Waals surface area (Å²) in [6.07, 6.45) is 0.405. The number of aliphatic carboxylic acids is 1. The maximum atomic E-state index is 16.0. The fourth-order valence-corrected chi connectivity index (χ4v) is 7.60. The van der Waals surface area contributed by atoms with Gasteiger partial charge in [0.15, 0.2) is 15.6 Å². The zero-order valence-electron chi connectivity index (χ0n) is 22.6. The van der Waals surface area contributed by atoms with Crippen molar-refractivity contribution in [2.45, 2.75) is 44.5 Å². The third kappa shape index (κ3) is 5.69. The maximum Gasteiger partial charge on any atom is 0.318 e. The molecule has 2 aliphatic rings. The molecule has 1 aliphatic heterocycles. The molecule has 3 aromatic rings. The number of para-hydroxylation sites is 1. The normalized spacial score (nSPS) is 19.9. The maximum absolute atomic E-state index is 16.0. The number of allylic oxidation sites excluding steroid dienone is 2. The molecule has 2 unspecified atom stereocenters. The molecule has 0 fully saturated rings. The summed E-state index contributed by atoms with van der Waals surface area (Å²) in [4.78, 5) is 25.4. The number of carbonyl (C=O) groups is 2. The van der Waals surface area contributed by atoms with Crippen molar-refractivity contribution in [2.24, 2.45) is 5.41 Å². The van der Waals surface area contributed by atoms with Crippen molar-refractivity contribution in [3.8, 4) is 11.5 Å². The second-order valence-corrected chi connectivity index (χ2v) is 13.4. The highest BCUT2D eigenvalue weighted by Crippen LogP contribution is 2.54. The Morgan fingerprint density at radius 1 is 1.05 bits per heavy atom. The molecule has 5 rings (SSSR count). The lowest BCUT2D eigenvalue weighted by atomic mass is 9.71. The van der Waals surface area contributed by atoms with Crippen LogP contribution in [0.2, 0.25) is 0 Å². The fourth-order valence-electron chi connectivity index (χ4n) is 5.79. The first-order valence-electron chi connectivity index (χ1n) is 13.1. The summed E-state index contributed by atoms with van der Waals surface area (Å²) in [5, 5.41) is 21.7. The van der Waals surface area contributed by atoms with Gasteiger partial charge in [-0.1, -0.05) is 62.4 Å². The highest BCUT2D eigenvalue weighted by Gasteiger charge is 2.48. The van der Waals surface area contributed by atoms with E-state index in [1.165, 1.54) is 30.3 Å². The van der Waals surface area contributed by atoms with Crippen LogP contribution in [0.15, 0.2) is 78.0 Å². The van der Waals surface area contributed by atoms with Crippen LogP contribution in [0.5, 0.6) is 11.5 Å². The summed E-state index contributed by atoms with van der Waals surface area (Å²) in [5.41, 5.74) is 0.829. The number of fused-ring (bicyclic) bond motifs is 1. The van der Waals surface area contributed by atoms with Crippen LogP contribution in [0.3, 0.4) is 0 Å². The standard InChI is InChI=1S/C31H30FNO7S/c1-31(2)14-23-28(25(35)15-31)27(20-12-11-19(13-22(20)32)40-16-18-7-4-3-5-8-18)30(41(38,39)17-26(36)37)21-9-6-10-24(34)29(21)33-23/h3-13,27,30,33-34H,14-17H2,1-2H3,(H,36,37). The van der Waals surface area contributed by atoms with Crippen LogP contribution in [0.1, 0.15) is 54.5 Å². The summed E-state index contributed by atoms with van der Waals surface area (Å²) in [6.45, 7) is 3.96. The van der Waals surface area contributed by atoms with Crippen LogP contribution in [-0.4, -0.2) is 36.1 Å². The van der Waals surface area contributed by atoms with Gasteiger partial charge in [0.05, 0.1) is 5.69 Å². The molecule has 0 spiro atoms. The molecule has 1 heterocycles. The van der Waals surface area contributed by atoms with Gasteiger partial charge in [0.1, 0.15) is 34.9 Å². The minimum Gasteiger partial charge on any atom is -0.506 e. The SMILES string of the molecule is CC1(C)CC(=O)C2=C(C1)Nc1c(O)cccc1C(S(=O)(=O)CC(=O)O)C2c1ccc(OCc2ccccc2)cc1F. The molecule has 214 valence electrons. The van der Waals surface area contributed by atoms with Crippen LogP contribution in [0, 0.1) is 11.2 Å². The number of nitrogens with one attached hydrogen (secondary N) is 1. The van der Waals surface area contributed by atoms with Gasteiger partial charge in [-0.15, -0.1) is 0 Å². The van der Waals surface area contributed by atoms with E-state index in [4.69, 9.17) is 4.74 Å². The second kappa shape index (κ2) is 10.7. The molecule has 8 nitrogen and oxygen atoms in total. The number of rotatable bonds is 7. The van der Waals surface area contributed by atoms with Crippen LogP contribution in [0.25, 0.3) is 0 Å². The molecule has 3 aromatic carbocycles. The van der Waals surface area contributed by atoms with Gasteiger partial charge in [-0.2, -0.15) is 0 Å². The van der Waals surface area contributed by atoms with E-state index < -0.39 is 44.0 Å². The minimum atomic E-state index is -4.54. The number of hydrogen-bond acceptors (Lipinski definition) is 7. The van der Waals surface area contributed by atoms with Gasteiger partial charge in [-0.05, 0) is 40.7 Å². The van der Waals surface area contributed by atoms with Crippen LogP contribution < -0.4 is 10.1 Å². The first kappa shape index (κ1) is 28.4. The van der Waals surface area contributed by atoms with Gasteiger partial charge in [0, 0.05) is 29.7 Å². The molecule has 0 aromatic heterocycles. The number of anilines is 1. The lowest BCUT2D eigenvalue weighted by Crippen LogP contribution is -2.33. The zero-order valence-corrected chi connectivity index (χ0v) is 23.4. The predicted octanol–water partition coefficient (Wildman–Crippen LogP) is 5.50. The average molecular weight is 580 g/mol. The van der Waals surface area contributed by atoms with Crippen molar-refractivity contribution in [1.29, 1.82) is 0 Å². The van der Waals surface area contributed by atoms with Crippen LogP contribution >= 0.6 is 0 Å². The summed E-state index contributed by atoms with van der Waals surface area (Å²) in [7, 11) is -4.54. The van der Waals surface area contributed by atoms with E-state index in [0.717, 1.165) is 11.6 Å². The van der Waals surface area contributed by atoms with Crippen molar-refractivity contribution in [3.63, 3.8) is 0 Å². The van der Waals surface area contributed by atoms with Gasteiger partial charge < -0.3 is 20.3 Å². The molecule has 0 radical (unpaired) electrons. The number of ketones is 1. The summed E-state index contributed by atoms with van der Waals surface area (Å²) < 4.78 is 49.3. The van der Waals surface area contributed by atoms with Crippen molar-refractivity contribution in [2.75, 3.05) is 11.1 Å². The number of Topliss-reactive ketones (excluding diaryl/α,β-unsaturated/α-hetero) is 1. The number of benzene rings is 3. The third-order valence-corrected chi connectivity index (χ3v) is 9.41. The largest absolute Gasteiger partial charge is 0.506 e. The van der Waals surface area contributed by atoms with Crippen molar-refractivity contribution >= 4 is 27.3 Å². The van der Waals surface area contributed by atoms with Gasteiger partial charge in [0.2, 0.25) is 0 Å². The number of carboxylic acids is 1. The lowest BCUT2D eigenvalue weighted by molar-refractivity contribution is -0.134. The smallest absolute Gasteiger partial charge is 0.318 e. The quantitative estimate of drug-likeness (QED) is 0.313. The molecule has 0 saturated heterocycles. The Hall–Kier alpha value is -4.18. The number of phenols is 1. The molecule has 41 heavy (non-hydrogen) atoms.